The topological polar surface area (TPSA) is 39.5 Å². The summed E-state index contributed by atoms with van der Waals surface area (Å²) < 4.78 is 5.82. The normalized spacial score (nSPS) is 25.8. The maximum atomic E-state index is 9.33. The molecule has 1 aromatic rings. The summed E-state index contributed by atoms with van der Waals surface area (Å²) in [5.41, 5.74) is 1.71. The Morgan fingerprint density at radius 1 is 1.20 bits per heavy atom. The van der Waals surface area contributed by atoms with Gasteiger partial charge in [0.1, 0.15) is 6.07 Å². The first kappa shape index (κ1) is 18.5. The number of hydrogen-bond acceptors (Lipinski definition) is 4. The molecule has 136 valence electrons. The van der Waals surface area contributed by atoms with E-state index in [1.54, 1.807) is 6.07 Å². The van der Waals surface area contributed by atoms with Gasteiger partial charge >= 0.3 is 0 Å². The van der Waals surface area contributed by atoms with Crippen molar-refractivity contribution in [3.05, 3.63) is 28.8 Å². The lowest BCUT2D eigenvalue weighted by atomic mass is 9.92. The van der Waals surface area contributed by atoms with Crippen molar-refractivity contribution in [1.82, 2.24) is 4.90 Å². The maximum Gasteiger partial charge on any atom is 0.101 e. The van der Waals surface area contributed by atoms with E-state index in [1.165, 1.54) is 25.8 Å². The Labute approximate surface area is 156 Å². The van der Waals surface area contributed by atoms with Crippen LogP contribution in [0.2, 0.25) is 5.02 Å². The Balaban J connectivity index is 1.49. The highest BCUT2D eigenvalue weighted by Crippen LogP contribution is 2.30. The number of halogens is 1. The number of anilines is 1. The van der Waals surface area contributed by atoms with Crippen LogP contribution in [0, 0.1) is 17.2 Å². The van der Waals surface area contributed by atoms with Crippen molar-refractivity contribution in [2.75, 3.05) is 37.6 Å². The Bertz CT molecular complexity index is 612. The molecule has 3 rings (SSSR count). The number of benzene rings is 1. The van der Waals surface area contributed by atoms with Gasteiger partial charge in [-0.15, -0.1) is 0 Å². The maximum absolute atomic E-state index is 9.33. The second-order valence-electron chi connectivity index (χ2n) is 7.51. The Kier molecular flexibility index (Phi) is 6.22. The van der Waals surface area contributed by atoms with Crippen molar-refractivity contribution in [3.63, 3.8) is 0 Å². The fourth-order valence-electron chi connectivity index (χ4n) is 4.16. The van der Waals surface area contributed by atoms with Crippen LogP contribution in [-0.2, 0) is 4.74 Å². The summed E-state index contributed by atoms with van der Waals surface area (Å²) in [6, 6.07) is 7.83. The fraction of sp³-hybridized carbons (Fsp3) is 0.650. The zero-order chi connectivity index (χ0) is 17.8. The summed E-state index contributed by atoms with van der Waals surface area (Å²) in [6.45, 7) is 9.63. The van der Waals surface area contributed by atoms with Gasteiger partial charge in [-0.2, -0.15) is 5.26 Å². The predicted molar refractivity (Wildman–Crippen MR) is 102 cm³/mol. The number of nitriles is 1. The fourth-order valence-corrected chi connectivity index (χ4v) is 4.32. The van der Waals surface area contributed by atoms with Crippen LogP contribution in [0.3, 0.4) is 0 Å². The van der Waals surface area contributed by atoms with Gasteiger partial charge in [0.2, 0.25) is 0 Å². The lowest BCUT2D eigenvalue weighted by molar-refractivity contribution is -0.0690. The summed E-state index contributed by atoms with van der Waals surface area (Å²) in [6.07, 6.45) is 4.32. The molecule has 2 aliphatic heterocycles. The largest absolute Gasteiger partial charge is 0.373 e. The molecule has 2 atom stereocenters. The van der Waals surface area contributed by atoms with Crippen LogP contribution in [0.1, 0.15) is 38.7 Å². The summed E-state index contributed by atoms with van der Waals surface area (Å²) >= 11 is 6.13. The van der Waals surface area contributed by atoms with E-state index in [4.69, 9.17) is 16.3 Å². The molecule has 0 aliphatic carbocycles. The molecule has 2 heterocycles. The number of rotatable bonds is 4. The zero-order valence-corrected chi connectivity index (χ0v) is 16.0. The molecule has 2 aliphatic rings. The first-order valence-electron chi connectivity index (χ1n) is 9.37. The first-order valence-corrected chi connectivity index (χ1v) is 9.75. The molecule has 0 aromatic heterocycles. The average molecular weight is 362 g/mol. The highest BCUT2D eigenvalue weighted by Gasteiger charge is 2.25. The Morgan fingerprint density at radius 3 is 2.52 bits per heavy atom. The number of morpholine rings is 1. The van der Waals surface area contributed by atoms with Crippen LogP contribution in [0.25, 0.3) is 0 Å². The van der Waals surface area contributed by atoms with Gasteiger partial charge in [-0.3, -0.25) is 4.90 Å². The van der Waals surface area contributed by atoms with E-state index in [-0.39, 0.29) is 0 Å². The van der Waals surface area contributed by atoms with E-state index in [0.29, 0.717) is 17.2 Å². The smallest absolute Gasteiger partial charge is 0.101 e. The summed E-state index contributed by atoms with van der Waals surface area (Å²) in [5, 5.41) is 10.0. The van der Waals surface area contributed by atoms with Gasteiger partial charge in [-0.1, -0.05) is 11.6 Å². The van der Waals surface area contributed by atoms with Crippen LogP contribution in [-0.4, -0.2) is 49.8 Å². The third-order valence-electron chi connectivity index (χ3n) is 5.38. The van der Waals surface area contributed by atoms with Crippen LogP contribution in [0.4, 0.5) is 5.69 Å². The van der Waals surface area contributed by atoms with Gasteiger partial charge in [0.15, 0.2) is 0 Å². The van der Waals surface area contributed by atoms with Crippen molar-refractivity contribution in [1.29, 1.82) is 5.26 Å². The molecule has 0 spiro atoms. The summed E-state index contributed by atoms with van der Waals surface area (Å²) in [5.74, 6) is 0.773. The van der Waals surface area contributed by atoms with Crippen molar-refractivity contribution in [2.45, 2.75) is 45.3 Å². The second kappa shape index (κ2) is 8.40. The van der Waals surface area contributed by atoms with Crippen molar-refractivity contribution in [3.8, 4) is 6.07 Å². The molecule has 0 bridgehead atoms. The van der Waals surface area contributed by atoms with Crippen molar-refractivity contribution >= 4 is 17.3 Å². The van der Waals surface area contributed by atoms with Gasteiger partial charge < -0.3 is 9.64 Å². The molecule has 0 radical (unpaired) electrons. The molecule has 2 saturated heterocycles. The molecule has 1 aromatic carbocycles. The van der Waals surface area contributed by atoms with E-state index in [0.717, 1.165) is 43.3 Å². The molecule has 0 amide bonds. The SMILES string of the molecule is CC1CN(CCC2CCN(c3cc(Cl)ccc3C#N)CC2)CC(C)O1. The minimum absolute atomic E-state index is 0.345. The first-order chi connectivity index (χ1) is 12.0. The molecule has 0 saturated carbocycles. The van der Waals surface area contributed by atoms with Gasteiger partial charge in [0.25, 0.3) is 0 Å². The summed E-state index contributed by atoms with van der Waals surface area (Å²) in [4.78, 5) is 4.87. The van der Waals surface area contributed by atoms with Crippen LogP contribution < -0.4 is 4.90 Å². The standard InChI is InChI=1S/C20H28ClN3O/c1-15-13-23(14-16(2)25-15)8-5-17-6-9-24(10-7-17)20-11-19(21)4-3-18(20)12-22/h3-4,11,15-17H,5-10,13-14H2,1-2H3. The van der Waals surface area contributed by atoms with Gasteiger partial charge in [-0.05, 0) is 63.8 Å². The number of nitrogens with zero attached hydrogens (tertiary/aromatic N) is 3. The van der Waals surface area contributed by atoms with Crippen molar-refractivity contribution in [2.24, 2.45) is 5.92 Å². The molecule has 0 N–H and O–H groups in total. The molecular formula is C20H28ClN3O. The lowest BCUT2D eigenvalue weighted by Crippen LogP contribution is -2.46. The molecule has 2 fully saturated rings. The highest BCUT2D eigenvalue weighted by molar-refractivity contribution is 6.30. The molecule has 4 nitrogen and oxygen atoms in total. The van der Waals surface area contributed by atoms with E-state index < -0.39 is 0 Å². The molecule has 5 heteroatoms. The Hall–Kier alpha value is -1.28. The quantitative estimate of drug-likeness (QED) is 0.814. The van der Waals surface area contributed by atoms with Crippen LogP contribution in [0.15, 0.2) is 18.2 Å². The van der Waals surface area contributed by atoms with Crippen LogP contribution in [0.5, 0.6) is 0 Å². The molecular weight excluding hydrogens is 334 g/mol. The minimum Gasteiger partial charge on any atom is -0.373 e. The van der Waals surface area contributed by atoms with Gasteiger partial charge in [0.05, 0.1) is 23.5 Å². The predicted octanol–water partition coefficient (Wildman–Crippen LogP) is 3.93. The van der Waals surface area contributed by atoms with E-state index in [2.05, 4.69) is 29.7 Å². The number of piperidine rings is 1. The lowest BCUT2D eigenvalue weighted by Gasteiger charge is -2.38. The van der Waals surface area contributed by atoms with Crippen LogP contribution >= 0.6 is 11.6 Å². The average Bonchev–Trinajstić information content (AvgIpc) is 2.59. The monoisotopic (exact) mass is 361 g/mol. The molecule has 25 heavy (non-hydrogen) atoms. The van der Waals surface area contributed by atoms with Gasteiger partial charge in [0, 0.05) is 31.2 Å². The van der Waals surface area contributed by atoms with E-state index in [1.807, 2.05) is 12.1 Å². The van der Waals surface area contributed by atoms with E-state index >= 15 is 0 Å². The Morgan fingerprint density at radius 2 is 1.88 bits per heavy atom. The minimum atomic E-state index is 0.345. The molecule has 2 unspecified atom stereocenters. The third kappa shape index (κ3) is 4.88. The zero-order valence-electron chi connectivity index (χ0n) is 15.2. The third-order valence-corrected chi connectivity index (χ3v) is 5.62. The van der Waals surface area contributed by atoms with Crippen molar-refractivity contribution < 1.29 is 4.74 Å². The number of hydrogen-bond donors (Lipinski definition) is 0. The van der Waals surface area contributed by atoms with Gasteiger partial charge in [-0.25, -0.2) is 0 Å². The second-order valence-corrected chi connectivity index (χ2v) is 7.95. The highest BCUT2D eigenvalue weighted by atomic mass is 35.5. The van der Waals surface area contributed by atoms with E-state index in [9.17, 15) is 5.26 Å². The number of ether oxygens (including phenoxy) is 1. The summed E-state index contributed by atoms with van der Waals surface area (Å²) in [7, 11) is 0.